The van der Waals surface area contributed by atoms with Crippen LogP contribution >= 0.6 is 0 Å². The van der Waals surface area contributed by atoms with Gasteiger partial charge in [-0.3, -0.25) is 0 Å². The van der Waals surface area contributed by atoms with Crippen molar-refractivity contribution >= 4 is 11.8 Å². The fraction of sp³-hybridized carbons (Fsp3) is 0.222. The number of benzene rings is 2. The zero-order valence-corrected chi connectivity index (χ0v) is 12.3. The van der Waals surface area contributed by atoms with E-state index in [1.165, 1.54) is 5.56 Å². The van der Waals surface area contributed by atoms with Gasteiger partial charge in [0.05, 0.1) is 0 Å². The van der Waals surface area contributed by atoms with Gasteiger partial charge in [0, 0.05) is 25.3 Å². The van der Waals surface area contributed by atoms with Gasteiger partial charge in [-0.05, 0) is 36.2 Å². The standard InChI is InChI=1S/C18H22N2O/c1-20(16-10-12-18(21)13-11-16)17(14-19)9-5-8-15-6-3-2-4-7-15/h2-8,10-13,17,21H,9,14,19H2,1H3/b8-5-. The molecule has 2 aromatic rings. The van der Waals surface area contributed by atoms with Crippen LogP contribution in [0, 0.1) is 0 Å². The Balaban J connectivity index is 1.99. The summed E-state index contributed by atoms with van der Waals surface area (Å²) in [5.41, 5.74) is 8.14. The molecular formula is C18H22N2O. The Kier molecular flexibility index (Phi) is 5.41. The molecular weight excluding hydrogens is 260 g/mol. The Bertz CT molecular complexity index is 564. The zero-order chi connectivity index (χ0) is 15.1. The second-order valence-corrected chi connectivity index (χ2v) is 5.07. The molecule has 1 atom stereocenters. The number of nitrogens with two attached hydrogens (primary N) is 1. The molecule has 3 nitrogen and oxygen atoms in total. The lowest BCUT2D eigenvalue weighted by Crippen LogP contribution is -2.37. The second kappa shape index (κ2) is 7.50. The predicted octanol–water partition coefficient (Wildman–Crippen LogP) is 3.26. The predicted molar refractivity (Wildman–Crippen MR) is 89.4 cm³/mol. The van der Waals surface area contributed by atoms with Gasteiger partial charge >= 0.3 is 0 Å². The third-order valence-corrected chi connectivity index (χ3v) is 3.59. The van der Waals surface area contributed by atoms with Gasteiger partial charge in [-0.1, -0.05) is 42.5 Å². The van der Waals surface area contributed by atoms with Crippen LogP contribution in [0.4, 0.5) is 5.69 Å². The van der Waals surface area contributed by atoms with Crippen molar-refractivity contribution in [3.63, 3.8) is 0 Å². The van der Waals surface area contributed by atoms with Crippen LogP contribution in [0.15, 0.2) is 60.7 Å². The molecule has 0 aromatic heterocycles. The van der Waals surface area contributed by atoms with Crippen molar-refractivity contribution in [2.24, 2.45) is 5.73 Å². The average Bonchev–Trinajstić information content (AvgIpc) is 2.53. The van der Waals surface area contributed by atoms with Crippen molar-refractivity contribution in [2.75, 3.05) is 18.5 Å². The van der Waals surface area contributed by atoms with Crippen molar-refractivity contribution in [2.45, 2.75) is 12.5 Å². The lowest BCUT2D eigenvalue weighted by atomic mass is 10.1. The molecule has 0 saturated carbocycles. The maximum atomic E-state index is 9.35. The molecule has 0 heterocycles. The lowest BCUT2D eigenvalue weighted by Gasteiger charge is -2.28. The van der Waals surface area contributed by atoms with Crippen LogP contribution in [-0.4, -0.2) is 24.7 Å². The highest BCUT2D eigenvalue weighted by molar-refractivity contribution is 5.51. The van der Waals surface area contributed by atoms with Gasteiger partial charge in [0.2, 0.25) is 0 Å². The highest BCUT2D eigenvalue weighted by Crippen LogP contribution is 2.20. The normalized spacial score (nSPS) is 12.5. The zero-order valence-electron chi connectivity index (χ0n) is 12.3. The largest absolute Gasteiger partial charge is 0.508 e. The van der Waals surface area contributed by atoms with Gasteiger partial charge in [0.15, 0.2) is 0 Å². The first-order valence-corrected chi connectivity index (χ1v) is 7.14. The summed E-state index contributed by atoms with van der Waals surface area (Å²) in [5.74, 6) is 0.278. The summed E-state index contributed by atoms with van der Waals surface area (Å²) in [6, 6.07) is 17.7. The van der Waals surface area contributed by atoms with Crippen LogP contribution in [0.5, 0.6) is 5.75 Å². The third-order valence-electron chi connectivity index (χ3n) is 3.59. The molecule has 0 aliphatic heterocycles. The van der Waals surface area contributed by atoms with Crippen LogP contribution in [0.2, 0.25) is 0 Å². The summed E-state index contributed by atoms with van der Waals surface area (Å²) in [4.78, 5) is 2.15. The summed E-state index contributed by atoms with van der Waals surface area (Å²) >= 11 is 0. The Hall–Kier alpha value is -2.26. The van der Waals surface area contributed by atoms with Gasteiger partial charge in [-0.15, -0.1) is 0 Å². The molecule has 110 valence electrons. The molecule has 0 amide bonds. The molecule has 21 heavy (non-hydrogen) atoms. The number of rotatable bonds is 6. The maximum absolute atomic E-state index is 9.35. The number of aromatic hydroxyl groups is 1. The minimum atomic E-state index is 0.231. The molecule has 0 saturated heterocycles. The number of likely N-dealkylation sites (N-methyl/N-ethyl adjacent to an activating group) is 1. The molecule has 1 unspecified atom stereocenters. The number of phenolic OH excluding ortho intramolecular Hbond substituents is 1. The van der Waals surface area contributed by atoms with Crippen LogP contribution < -0.4 is 10.6 Å². The summed E-state index contributed by atoms with van der Waals surface area (Å²) in [5, 5.41) is 9.35. The Morgan fingerprint density at radius 3 is 2.38 bits per heavy atom. The monoisotopic (exact) mass is 282 g/mol. The van der Waals surface area contributed by atoms with E-state index in [2.05, 4.69) is 29.2 Å². The molecule has 2 rings (SSSR count). The minimum absolute atomic E-state index is 0.231. The fourth-order valence-corrected chi connectivity index (χ4v) is 2.24. The quantitative estimate of drug-likeness (QED) is 0.855. The minimum Gasteiger partial charge on any atom is -0.508 e. The maximum Gasteiger partial charge on any atom is 0.115 e. The summed E-state index contributed by atoms with van der Waals surface area (Å²) in [7, 11) is 2.03. The molecule has 0 fully saturated rings. The van der Waals surface area contributed by atoms with Gasteiger partial charge in [-0.25, -0.2) is 0 Å². The number of hydrogen-bond donors (Lipinski definition) is 2. The SMILES string of the molecule is CN(c1ccc(O)cc1)C(CN)C/C=C\c1ccccc1. The molecule has 3 N–H and O–H groups in total. The Morgan fingerprint density at radius 1 is 1.10 bits per heavy atom. The summed E-state index contributed by atoms with van der Waals surface area (Å²) < 4.78 is 0. The summed E-state index contributed by atoms with van der Waals surface area (Å²) in [6.45, 7) is 0.580. The number of phenols is 1. The highest BCUT2D eigenvalue weighted by Gasteiger charge is 2.12. The Morgan fingerprint density at radius 2 is 1.76 bits per heavy atom. The van der Waals surface area contributed by atoms with Gasteiger partial charge in [-0.2, -0.15) is 0 Å². The van der Waals surface area contributed by atoms with E-state index >= 15 is 0 Å². The van der Waals surface area contributed by atoms with Crippen molar-refractivity contribution in [1.82, 2.24) is 0 Å². The number of nitrogens with zero attached hydrogens (tertiary/aromatic N) is 1. The van der Waals surface area contributed by atoms with E-state index in [9.17, 15) is 5.11 Å². The number of anilines is 1. The van der Waals surface area contributed by atoms with E-state index in [0.29, 0.717) is 6.54 Å². The molecule has 2 aromatic carbocycles. The van der Waals surface area contributed by atoms with Crippen LogP contribution in [0.25, 0.3) is 6.08 Å². The van der Waals surface area contributed by atoms with Crippen LogP contribution in [0.3, 0.4) is 0 Å². The third kappa shape index (κ3) is 4.36. The van der Waals surface area contributed by atoms with E-state index in [1.54, 1.807) is 12.1 Å². The molecule has 0 bridgehead atoms. The lowest BCUT2D eigenvalue weighted by molar-refractivity contribution is 0.475. The van der Waals surface area contributed by atoms with Crippen molar-refractivity contribution in [3.05, 3.63) is 66.2 Å². The fourth-order valence-electron chi connectivity index (χ4n) is 2.24. The van der Waals surface area contributed by atoms with E-state index in [-0.39, 0.29) is 11.8 Å². The van der Waals surface area contributed by atoms with Crippen molar-refractivity contribution in [1.29, 1.82) is 0 Å². The summed E-state index contributed by atoms with van der Waals surface area (Å²) in [6.07, 6.45) is 5.15. The van der Waals surface area contributed by atoms with E-state index in [0.717, 1.165) is 12.1 Å². The average molecular weight is 282 g/mol. The van der Waals surface area contributed by atoms with Crippen molar-refractivity contribution < 1.29 is 5.11 Å². The first-order valence-electron chi connectivity index (χ1n) is 7.14. The van der Waals surface area contributed by atoms with Crippen molar-refractivity contribution in [3.8, 4) is 5.75 Å². The van der Waals surface area contributed by atoms with E-state index in [1.807, 2.05) is 37.4 Å². The smallest absolute Gasteiger partial charge is 0.115 e. The van der Waals surface area contributed by atoms with Gasteiger partial charge in [0.1, 0.15) is 5.75 Å². The Labute approximate surface area is 126 Å². The van der Waals surface area contributed by atoms with Crippen LogP contribution in [0.1, 0.15) is 12.0 Å². The highest BCUT2D eigenvalue weighted by atomic mass is 16.3. The first-order chi connectivity index (χ1) is 10.2. The number of hydrogen-bond acceptors (Lipinski definition) is 3. The molecule has 0 aliphatic rings. The molecule has 0 spiro atoms. The van der Waals surface area contributed by atoms with Gasteiger partial charge < -0.3 is 15.7 Å². The van der Waals surface area contributed by atoms with Crippen LogP contribution in [-0.2, 0) is 0 Å². The van der Waals surface area contributed by atoms with E-state index < -0.39 is 0 Å². The van der Waals surface area contributed by atoms with Gasteiger partial charge in [0.25, 0.3) is 0 Å². The second-order valence-electron chi connectivity index (χ2n) is 5.07. The molecule has 3 heteroatoms. The first kappa shape index (κ1) is 15.1. The molecule has 0 aliphatic carbocycles. The van der Waals surface area contributed by atoms with E-state index in [4.69, 9.17) is 5.73 Å². The topological polar surface area (TPSA) is 49.5 Å². The molecule has 0 radical (unpaired) electrons.